The minimum atomic E-state index is -0.778. The number of nitrogens with one attached hydrogen (secondary N) is 2. The largest absolute Gasteiger partial charge is 0.489 e. The first-order valence-electron chi connectivity index (χ1n) is 8.47. The van der Waals surface area contributed by atoms with Crippen molar-refractivity contribution in [2.45, 2.75) is 0 Å². The van der Waals surface area contributed by atoms with E-state index in [0.717, 1.165) is 17.8 Å². The van der Waals surface area contributed by atoms with Gasteiger partial charge in [-0.1, -0.05) is 18.2 Å². The minimum Gasteiger partial charge on any atom is -0.489 e. The highest BCUT2D eigenvalue weighted by atomic mass is 19.1. The van der Waals surface area contributed by atoms with Crippen LogP contribution in [0.2, 0.25) is 0 Å². The summed E-state index contributed by atoms with van der Waals surface area (Å²) in [6.45, 7) is 0.326. The Morgan fingerprint density at radius 1 is 1.14 bits per heavy atom. The second-order valence-electron chi connectivity index (χ2n) is 5.89. The maximum absolute atomic E-state index is 13.5. The van der Waals surface area contributed by atoms with Crippen molar-refractivity contribution < 1.29 is 13.5 Å². The first-order valence-corrected chi connectivity index (χ1v) is 8.47. The Hall–Kier alpha value is -3.75. The molecule has 9 heteroatoms. The number of hydrogen-bond acceptors (Lipinski definition) is 5. The zero-order valence-corrected chi connectivity index (χ0v) is 14.5. The molecule has 0 unspecified atom stereocenters. The van der Waals surface area contributed by atoms with E-state index in [-0.39, 0.29) is 30.4 Å². The topological polar surface area (TPSA) is 84.8 Å². The van der Waals surface area contributed by atoms with Crippen molar-refractivity contribution in [2.24, 2.45) is 0 Å². The Labute approximate surface area is 157 Å². The Bertz CT molecular complexity index is 1170. The molecule has 2 N–H and O–H groups in total. The van der Waals surface area contributed by atoms with Crippen LogP contribution in [0.1, 0.15) is 0 Å². The maximum atomic E-state index is 13.5. The highest BCUT2D eigenvalue weighted by molar-refractivity contribution is 5.76. The average molecular weight is 383 g/mol. The van der Waals surface area contributed by atoms with Crippen molar-refractivity contribution in [1.29, 1.82) is 0 Å². The number of para-hydroxylation sites is 1. The fourth-order valence-electron chi connectivity index (χ4n) is 2.68. The van der Waals surface area contributed by atoms with Crippen LogP contribution in [0, 0.1) is 11.6 Å². The minimum absolute atomic E-state index is 0.0535. The van der Waals surface area contributed by atoms with Gasteiger partial charge in [0, 0.05) is 6.07 Å². The van der Waals surface area contributed by atoms with Gasteiger partial charge in [-0.05, 0) is 24.3 Å². The van der Waals surface area contributed by atoms with Gasteiger partial charge in [0.15, 0.2) is 17.2 Å². The molecule has 0 spiro atoms. The molecule has 0 atom stereocenters. The molecule has 0 bridgehead atoms. The van der Waals surface area contributed by atoms with Crippen molar-refractivity contribution in [3.63, 3.8) is 0 Å². The lowest BCUT2D eigenvalue weighted by Crippen LogP contribution is -2.18. The Kier molecular flexibility index (Phi) is 4.71. The second kappa shape index (κ2) is 7.47. The molecule has 0 aliphatic heterocycles. The summed E-state index contributed by atoms with van der Waals surface area (Å²) in [4.78, 5) is 19.3. The van der Waals surface area contributed by atoms with Crippen LogP contribution in [-0.2, 0) is 0 Å². The number of hydrogen-bond donors (Lipinski definition) is 2. The summed E-state index contributed by atoms with van der Waals surface area (Å²) >= 11 is 0. The van der Waals surface area contributed by atoms with Crippen molar-refractivity contribution in [3.8, 4) is 11.4 Å². The van der Waals surface area contributed by atoms with Gasteiger partial charge in [-0.15, -0.1) is 0 Å². The van der Waals surface area contributed by atoms with Gasteiger partial charge in [0.2, 0.25) is 5.95 Å². The van der Waals surface area contributed by atoms with E-state index in [1.165, 1.54) is 12.3 Å². The van der Waals surface area contributed by atoms with E-state index < -0.39 is 11.6 Å². The molecule has 2 heterocycles. The first kappa shape index (κ1) is 17.7. The van der Waals surface area contributed by atoms with Crippen LogP contribution in [0.25, 0.3) is 16.7 Å². The van der Waals surface area contributed by atoms with E-state index in [2.05, 4.69) is 20.4 Å². The average Bonchev–Trinajstić information content (AvgIpc) is 3.12. The van der Waals surface area contributed by atoms with E-state index in [9.17, 15) is 13.6 Å². The van der Waals surface area contributed by atoms with Gasteiger partial charge in [0.05, 0.1) is 18.4 Å². The lowest BCUT2D eigenvalue weighted by Gasteiger charge is -2.09. The molecule has 0 saturated carbocycles. The van der Waals surface area contributed by atoms with Crippen molar-refractivity contribution in [3.05, 3.63) is 76.7 Å². The number of aromatic amines is 1. The molecule has 0 aliphatic carbocycles. The van der Waals surface area contributed by atoms with Crippen LogP contribution in [0.5, 0.6) is 5.75 Å². The number of fused-ring (bicyclic) bond motifs is 1. The zero-order valence-electron chi connectivity index (χ0n) is 14.5. The standard InChI is InChI=1S/C19H15F2N5O2/c20-12-6-7-16(15(21)10-12)28-9-8-22-19-24-17-14(18(27)25-19)11-23-26(17)13-4-2-1-3-5-13/h1-7,10-11H,8-9H2,(H2,22,24,25,27). The smallest absolute Gasteiger partial charge is 0.263 e. The van der Waals surface area contributed by atoms with Crippen molar-refractivity contribution in [2.75, 3.05) is 18.5 Å². The molecule has 7 nitrogen and oxygen atoms in total. The third-order valence-electron chi connectivity index (χ3n) is 3.98. The number of aromatic nitrogens is 4. The Morgan fingerprint density at radius 2 is 1.96 bits per heavy atom. The SMILES string of the molecule is O=c1[nH]c(NCCOc2ccc(F)cc2F)nc2c1cnn2-c1ccccc1. The van der Waals surface area contributed by atoms with Gasteiger partial charge in [-0.2, -0.15) is 10.1 Å². The number of rotatable bonds is 6. The van der Waals surface area contributed by atoms with Crippen LogP contribution in [-0.4, -0.2) is 32.9 Å². The van der Waals surface area contributed by atoms with E-state index in [0.29, 0.717) is 11.0 Å². The molecule has 4 aromatic rings. The van der Waals surface area contributed by atoms with Crippen molar-refractivity contribution in [1.82, 2.24) is 19.7 Å². The van der Waals surface area contributed by atoms with E-state index in [1.807, 2.05) is 30.3 Å². The van der Waals surface area contributed by atoms with Crippen LogP contribution in [0.15, 0.2) is 59.5 Å². The van der Waals surface area contributed by atoms with Crippen LogP contribution in [0.3, 0.4) is 0 Å². The fourth-order valence-corrected chi connectivity index (χ4v) is 2.68. The lowest BCUT2D eigenvalue weighted by molar-refractivity contribution is 0.313. The summed E-state index contributed by atoms with van der Waals surface area (Å²) in [5.41, 5.74) is 0.847. The monoisotopic (exact) mass is 383 g/mol. The Morgan fingerprint density at radius 3 is 2.75 bits per heavy atom. The van der Waals surface area contributed by atoms with Gasteiger partial charge in [-0.25, -0.2) is 13.5 Å². The maximum Gasteiger partial charge on any atom is 0.263 e. The van der Waals surface area contributed by atoms with Gasteiger partial charge in [-0.3, -0.25) is 9.78 Å². The van der Waals surface area contributed by atoms with E-state index in [1.54, 1.807) is 4.68 Å². The summed E-state index contributed by atoms with van der Waals surface area (Å²) in [6, 6.07) is 12.4. The highest BCUT2D eigenvalue weighted by Gasteiger charge is 2.11. The van der Waals surface area contributed by atoms with Gasteiger partial charge in [0.25, 0.3) is 5.56 Å². The predicted octanol–water partition coefficient (Wildman–Crippen LogP) is 2.88. The molecule has 142 valence electrons. The fraction of sp³-hybridized carbons (Fsp3) is 0.105. The highest BCUT2D eigenvalue weighted by Crippen LogP contribution is 2.17. The molecule has 28 heavy (non-hydrogen) atoms. The molecule has 2 aromatic heterocycles. The summed E-state index contributed by atoms with van der Waals surface area (Å²) in [6.07, 6.45) is 1.46. The number of nitrogens with zero attached hydrogens (tertiary/aromatic N) is 3. The Balaban J connectivity index is 1.49. The molecular weight excluding hydrogens is 368 g/mol. The van der Waals surface area contributed by atoms with E-state index in [4.69, 9.17) is 4.74 Å². The van der Waals surface area contributed by atoms with Crippen molar-refractivity contribution >= 4 is 17.0 Å². The molecule has 0 aliphatic rings. The predicted molar refractivity (Wildman–Crippen MR) is 99.8 cm³/mol. The van der Waals surface area contributed by atoms with Crippen LogP contribution in [0.4, 0.5) is 14.7 Å². The number of benzene rings is 2. The number of ether oxygens (including phenoxy) is 1. The van der Waals surface area contributed by atoms with Gasteiger partial charge < -0.3 is 10.1 Å². The zero-order chi connectivity index (χ0) is 19.5. The molecule has 2 aromatic carbocycles. The molecule has 0 radical (unpaired) electrons. The molecule has 4 rings (SSSR count). The third kappa shape index (κ3) is 3.54. The normalized spacial score (nSPS) is 10.9. The number of H-pyrrole nitrogens is 1. The summed E-state index contributed by atoms with van der Waals surface area (Å²) in [5.74, 6) is -1.27. The first-order chi connectivity index (χ1) is 13.6. The van der Waals surface area contributed by atoms with Gasteiger partial charge in [0.1, 0.15) is 17.8 Å². The second-order valence-corrected chi connectivity index (χ2v) is 5.89. The third-order valence-corrected chi connectivity index (χ3v) is 3.98. The molecular formula is C19H15F2N5O2. The summed E-state index contributed by atoms with van der Waals surface area (Å²) < 4.78 is 33.3. The summed E-state index contributed by atoms with van der Waals surface area (Å²) in [7, 11) is 0. The quantitative estimate of drug-likeness (QED) is 0.500. The number of anilines is 1. The molecule has 0 fully saturated rings. The molecule has 0 saturated heterocycles. The van der Waals surface area contributed by atoms with Crippen LogP contribution >= 0.6 is 0 Å². The van der Waals surface area contributed by atoms with E-state index >= 15 is 0 Å². The van der Waals surface area contributed by atoms with Crippen LogP contribution < -0.4 is 15.6 Å². The lowest BCUT2D eigenvalue weighted by atomic mass is 10.3. The number of halogens is 2. The summed E-state index contributed by atoms with van der Waals surface area (Å²) in [5, 5.41) is 7.51. The van der Waals surface area contributed by atoms with Gasteiger partial charge >= 0.3 is 0 Å². The molecule has 0 amide bonds.